The smallest absolute Gasteiger partial charge is 0.123 e. The van der Waals surface area contributed by atoms with Gasteiger partial charge in [-0.2, -0.15) is 5.10 Å². The third-order valence-corrected chi connectivity index (χ3v) is 3.28. The Hall–Kier alpha value is -2.36. The van der Waals surface area contributed by atoms with Crippen LogP contribution in [0.1, 0.15) is 12.5 Å². The highest BCUT2D eigenvalue weighted by atomic mass is 19.1. The minimum Gasteiger partial charge on any atom is -0.382 e. The van der Waals surface area contributed by atoms with E-state index >= 15 is 0 Å². The molecular formula is C16H16FN3. The second kappa shape index (κ2) is 5.33. The van der Waals surface area contributed by atoms with Gasteiger partial charge in [-0.3, -0.25) is 5.10 Å². The summed E-state index contributed by atoms with van der Waals surface area (Å²) in [7, 11) is 0. The minimum absolute atomic E-state index is 0.186. The largest absolute Gasteiger partial charge is 0.382 e. The molecule has 0 saturated heterocycles. The molecule has 0 spiro atoms. The molecule has 1 aromatic heterocycles. The second-order valence-corrected chi connectivity index (χ2v) is 5.05. The van der Waals surface area contributed by atoms with Gasteiger partial charge in [-0.15, -0.1) is 0 Å². The number of halogens is 1. The van der Waals surface area contributed by atoms with Crippen LogP contribution in [-0.4, -0.2) is 16.2 Å². The summed E-state index contributed by atoms with van der Waals surface area (Å²) in [6.07, 6.45) is 2.58. The summed E-state index contributed by atoms with van der Waals surface area (Å²) < 4.78 is 13.2. The molecule has 20 heavy (non-hydrogen) atoms. The van der Waals surface area contributed by atoms with E-state index in [1.165, 1.54) is 6.07 Å². The van der Waals surface area contributed by atoms with Crippen molar-refractivity contribution < 1.29 is 4.39 Å². The first-order chi connectivity index (χ1) is 9.70. The number of fused-ring (bicyclic) bond motifs is 1. The molecule has 0 aliphatic rings. The normalized spacial score (nSPS) is 12.5. The molecule has 3 aromatic rings. The van der Waals surface area contributed by atoms with Crippen LogP contribution < -0.4 is 5.32 Å². The number of H-pyrrole nitrogens is 1. The fourth-order valence-corrected chi connectivity index (χ4v) is 2.39. The van der Waals surface area contributed by atoms with Crippen LogP contribution in [0.15, 0.2) is 48.7 Å². The molecule has 3 rings (SSSR count). The van der Waals surface area contributed by atoms with Crippen LogP contribution in [0.5, 0.6) is 0 Å². The molecular weight excluding hydrogens is 253 g/mol. The van der Waals surface area contributed by atoms with Crippen molar-refractivity contribution in [1.29, 1.82) is 0 Å². The van der Waals surface area contributed by atoms with Crippen LogP contribution in [0.2, 0.25) is 0 Å². The van der Waals surface area contributed by atoms with Crippen molar-refractivity contribution in [3.8, 4) is 0 Å². The van der Waals surface area contributed by atoms with Gasteiger partial charge in [0, 0.05) is 17.1 Å². The quantitative estimate of drug-likeness (QED) is 0.757. The fraction of sp³-hybridized carbons (Fsp3) is 0.188. The molecule has 4 heteroatoms. The predicted octanol–water partition coefficient (Wildman–Crippen LogP) is 3.75. The van der Waals surface area contributed by atoms with Gasteiger partial charge in [0.15, 0.2) is 0 Å². The minimum atomic E-state index is -0.186. The van der Waals surface area contributed by atoms with E-state index in [1.807, 2.05) is 18.2 Å². The van der Waals surface area contributed by atoms with Gasteiger partial charge in [0.1, 0.15) is 5.82 Å². The molecule has 0 saturated carbocycles. The van der Waals surface area contributed by atoms with Crippen LogP contribution in [0.3, 0.4) is 0 Å². The summed E-state index contributed by atoms with van der Waals surface area (Å²) in [5.41, 5.74) is 3.06. The zero-order valence-corrected chi connectivity index (χ0v) is 11.2. The highest BCUT2D eigenvalue weighted by Crippen LogP contribution is 2.18. The topological polar surface area (TPSA) is 40.7 Å². The molecule has 0 aliphatic heterocycles. The summed E-state index contributed by atoms with van der Waals surface area (Å²) in [5.74, 6) is -0.186. The number of nitrogens with zero attached hydrogens (tertiary/aromatic N) is 1. The SMILES string of the molecule is CC(Cc1cccc(F)c1)Nc1ccc2[nH]ncc2c1. The van der Waals surface area contributed by atoms with E-state index in [1.54, 1.807) is 18.3 Å². The average Bonchev–Trinajstić information content (AvgIpc) is 2.86. The number of hydrogen-bond donors (Lipinski definition) is 2. The van der Waals surface area contributed by atoms with Gasteiger partial charge >= 0.3 is 0 Å². The maximum absolute atomic E-state index is 13.2. The maximum atomic E-state index is 13.2. The van der Waals surface area contributed by atoms with E-state index in [-0.39, 0.29) is 11.9 Å². The van der Waals surface area contributed by atoms with Crippen LogP contribution >= 0.6 is 0 Å². The number of rotatable bonds is 4. The highest BCUT2D eigenvalue weighted by Gasteiger charge is 2.05. The molecule has 1 atom stereocenters. The summed E-state index contributed by atoms with van der Waals surface area (Å²) in [6, 6.07) is 13.0. The average molecular weight is 269 g/mol. The molecule has 0 bridgehead atoms. The van der Waals surface area contributed by atoms with Gasteiger partial charge in [-0.25, -0.2) is 4.39 Å². The molecule has 2 aromatic carbocycles. The van der Waals surface area contributed by atoms with Gasteiger partial charge < -0.3 is 5.32 Å². The molecule has 3 nitrogen and oxygen atoms in total. The molecule has 1 heterocycles. The standard InChI is InChI=1S/C16H16FN3/c1-11(7-12-3-2-4-14(17)8-12)19-15-5-6-16-13(9-15)10-18-20-16/h2-6,8-11,19H,7H2,1H3,(H,18,20). The third kappa shape index (κ3) is 2.79. The van der Waals surface area contributed by atoms with Crippen molar-refractivity contribution >= 4 is 16.6 Å². The molecule has 0 radical (unpaired) electrons. The summed E-state index contributed by atoms with van der Waals surface area (Å²) in [5, 5.41) is 11.4. The van der Waals surface area contributed by atoms with Crippen molar-refractivity contribution in [1.82, 2.24) is 10.2 Å². The Morgan fingerprint density at radius 2 is 2.15 bits per heavy atom. The molecule has 102 valence electrons. The van der Waals surface area contributed by atoms with E-state index in [4.69, 9.17) is 0 Å². The zero-order chi connectivity index (χ0) is 13.9. The van der Waals surface area contributed by atoms with Crippen LogP contribution in [-0.2, 0) is 6.42 Å². The van der Waals surface area contributed by atoms with E-state index < -0.39 is 0 Å². The lowest BCUT2D eigenvalue weighted by molar-refractivity contribution is 0.624. The number of nitrogens with one attached hydrogen (secondary N) is 2. The zero-order valence-electron chi connectivity index (χ0n) is 11.2. The Morgan fingerprint density at radius 3 is 3.00 bits per heavy atom. The molecule has 2 N–H and O–H groups in total. The highest BCUT2D eigenvalue weighted by molar-refractivity contribution is 5.81. The first-order valence-corrected chi connectivity index (χ1v) is 6.65. The number of benzene rings is 2. The van der Waals surface area contributed by atoms with Crippen LogP contribution in [0, 0.1) is 5.82 Å². The van der Waals surface area contributed by atoms with E-state index in [0.29, 0.717) is 0 Å². The molecule has 0 amide bonds. The van der Waals surface area contributed by atoms with Gasteiger partial charge in [0.2, 0.25) is 0 Å². The number of hydrogen-bond acceptors (Lipinski definition) is 2. The first-order valence-electron chi connectivity index (χ1n) is 6.65. The lowest BCUT2D eigenvalue weighted by atomic mass is 10.1. The maximum Gasteiger partial charge on any atom is 0.123 e. The second-order valence-electron chi connectivity index (χ2n) is 5.05. The van der Waals surface area contributed by atoms with Crippen molar-refractivity contribution in [2.75, 3.05) is 5.32 Å². The Balaban J connectivity index is 1.70. The van der Waals surface area contributed by atoms with Crippen LogP contribution in [0.4, 0.5) is 10.1 Å². The predicted molar refractivity (Wildman–Crippen MR) is 79.3 cm³/mol. The summed E-state index contributed by atoms with van der Waals surface area (Å²) in [6.45, 7) is 2.09. The Bertz CT molecular complexity index is 720. The third-order valence-electron chi connectivity index (χ3n) is 3.28. The van der Waals surface area contributed by atoms with Crippen molar-refractivity contribution in [3.05, 3.63) is 60.0 Å². The van der Waals surface area contributed by atoms with Crippen molar-refractivity contribution in [2.45, 2.75) is 19.4 Å². The van der Waals surface area contributed by atoms with Gasteiger partial charge in [-0.1, -0.05) is 12.1 Å². The summed E-state index contributed by atoms with van der Waals surface area (Å²) >= 11 is 0. The van der Waals surface area contributed by atoms with Gasteiger partial charge in [0.25, 0.3) is 0 Å². The Kier molecular flexibility index (Phi) is 3.37. The van der Waals surface area contributed by atoms with Gasteiger partial charge in [0.05, 0.1) is 11.7 Å². The molecule has 0 fully saturated rings. The fourth-order valence-electron chi connectivity index (χ4n) is 2.39. The van der Waals surface area contributed by atoms with E-state index in [2.05, 4.69) is 28.5 Å². The van der Waals surface area contributed by atoms with E-state index in [9.17, 15) is 4.39 Å². The number of aromatic nitrogens is 2. The Labute approximate surface area is 116 Å². The number of aromatic amines is 1. The van der Waals surface area contributed by atoms with Crippen molar-refractivity contribution in [3.63, 3.8) is 0 Å². The first kappa shape index (κ1) is 12.7. The Morgan fingerprint density at radius 1 is 1.25 bits per heavy atom. The van der Waals surface area contributed by atoms with Gasteiger partial charge in [-0.05, 0) is 49.2 Å². The monoisotopic (exact) mass is 269 g/mol. The number of anilines is 1. The van der Waals surface area contributed by atoms with E-state index in [0.717, 1.165) is 28.6 Å². The summed E-state index contributed by atoms with van der Waals surface area (Å²) in [4.78, 5) is 0. The lowest BCUT2D eigenvalue weighted by Crippen LogP contribution is -2.18. The van der Waals surface area contributed by atoms with Crippen LogP contribution in [0.25, 0.3) is 10.9 Å². The molecule has 0 aliphatic carbocycles. The lowest BCUT2D eigenvalue weighted by Gasteiger charge is -2.15. The molecule has 1 unspecified atom stereocenters. The van der Waals surface area contributed by atoms with Crippen molar-refractivity contribution in [2.24, 2.45) is 0 Å².